The topological polar surface area (TPSA) is 47.6 Å². The highest BCUT2D eigenvalue weighted by atomic mass is 79.9. The molecule has 0 saturated carbocycles. The van der Waals surface area contributed by atoms with E-state index in [1.165, 1.54) is 0 Å². The average molecular weight is 374 g/mol. The van der Waals surface area contributed by atoms with Crippen LogP contribution in [0.5, 0.6) is 11.5 Å². The van der Waals surface area contributed by atoms with Gasteiger partial charge in [-0.1, -0.05) is 29.3 Å². The number of hydrogen-bond donors (Lipinski definition) is 1. The first-order valence-electron chi connectivity index (χ1n) is 7.05. The number of nitrogens with one attached hydrogen (secondary N) is 1. The lowest BCUT2D eigenvalue weighted by atomic mass is 10.2. The van der Waals surface area contributed by atoms with Crippen molar-refractivity contribution in [1.82, 2.24) is 5.32 Å². The molecule has 21 heavy (non-hydrogen) atoms. The van der Waals surface area contributed by atoms with Crippen LogP contribution in [-0.4, -0.2) is 24.5 Å². The fourth-order valence-corrected chi connectivity index (χ4v) is 3.62. The van der Waals surface area contributed by atoms with Gasteiger partial charge in [0.1, 0.15) is 0 Å². The average Bonchev–Trinajstić information content (AvgIpc) is 2.86. The molecule has 1 aliphatic rings. The molecule has 2 rings (SSSR count). The lowest BCUT2D eigenvalue weighted by molar-refractivity contribution is -0.119. The molecule has 0 radical (unpaired) electrons. The van der Waals surface area contributed by atoms with E-state index in [4.69, 9.17) is 9.47 Å². The van der Waals surface area contributed by atoms with Gasteiger partial charge >= 0.3 is 0 Å². The van der Waals surface area contributed by atoms with Gasteiger partial charge < -0.3 is 14.8 Å². The molecule has 0 saturated heterocycles. The maximum atomic E-state index is 11.8. The van der Waals surface area contributed by atoms with Gasteiger partial charge in [-0.25, -0.2) is 0 Å². The van der Waals surface area contributed by atoms with Gasteiger partial charge in [0, 0.05) is 16.3 Å². The zero-order chi connectivity index (χ0) is 15.2. The highest BCUT2D eigenvalue weighted by Crippen LogP contribution is 2.38. The lowest BCUT2D eigenvalue weighted by Gasteiger charge is -2.12. The summed E-state index contributed by atoms with van der Waals surface area (Å²) in [5.74, 6) is 2.86. The molecule has 0 aliphatic carbocycles. The minimum Gasteiger partial charge on any atom is -0.454 e. The van der Waals surface area contributed by atoms with E-state index in [0.717, 1.165) is 40.1 Å². The number of carbonyl (C=O) groups excluding carboxylic acids is 1. The predicted molar refractivity (Wildman–Crippen MR) is 88.9 cm³/mol. The molecular formula is C15H20BrNO3S. The predicted octanol–water partition coefficient (Wildman–Crippen LogP) is 3.72. The lowest BCUT2D eigenvalue weighted by Crippen LogP contribution is -2.33. The third kappa shape index (κ3) is 4.81. The van der Waals surface area contributed by atoms with Crippen LogP contribution in [0.1, 0.15) is 32.3 Å². The minimum atomic E-state index is 0.0952. The van der Waals surface area contributed by atoms with E-state index < -0.39 is 0 Å². The van der Waals surface area contributed by atoms with Crippen LogP contribution in [0.3, 0.4) is 0 Å². The fourth-order valence-electron chi connectivity index (χ4n) is 2.15. The molecule has 0 unspecified atom stereocenters. The summed E-state index contributed by atoms with van der Waals surface area (Å²) in [7, 11) is 0. The van der Waals surface area contributed by atoms with E-state index in [1.54, 1.807) is 11.8 Å². The summed E-state index contributed by atoms with van der Waals surface area (Å²) < 4.78 is 11.7. The van der Waals surface area contributed by atoms with E-state index in [9.17, 15) is 4.79 Å². The van der Waals surface area contributed by atoms with Crippen molar-refractivity contribution >= 4 is 33.6 Å². The van der Waals surface area contributed by atoms with Crippen LogP contribution in [0.4, 0.5) is 0 Å². The molecule has 1 aromatic carbocycles. The second-order valence-electron chi connectivity index (χ2n) is 5.05. The molecule has 1 N–H and O–H groups in total. The van der Waals surface area contributed by atoms with Crippen molar-refractivity contribution in [3.63, 3.8) is 0 Å². The normalized spacial score (nSPS) is 14.0. The molecule has 1 amide bonds. The number of benzene rings is 1. The summed E-state index contributed by atoms with van der Waals surface area (Å²) >= 11 is 5.12. The molecular weight excluding hydrogens is 354 g/mol. The molecule has 1 aromatic rings. The minimum absolute atomic E-state index is 0.0952. The van der Waals surface area contributed by atoms with Crippen molar-refractivity contribution in [2.75, 3.05) is 12.5 Å². The maximum Gasteiger partial charge on any atom is 0.231 e. The standard InChI is InChI=1S/C15H20BrNO3S/c1-3-4-10(2)17-15(18)8-21-7-11-5-13-14(6-12(11)16)20-9-19-13/h5-6,10H,3-4,7-9H2,1-2H3,(H,17,18)/t10-/m1/s1. The SMILES string of the molecule is CCC[C@@H](C)NC(=O)CSCc1cc2c(cc1Br)OCO2. The van der Waals surface area contributed by atoms with Gasteiger partial charge in [-0.15, -0.1) is 11.8 Å². The van der Waals surface area contributed by atoms with Crippen LogP contribution in [0.25, 0.3) is 0 Å². The molecule has 1 heterocycles. The zero-order valence-corrected chi connectivity index (χ0v) is 14.7. The van der Waals surface area contributed by atoms with Crippen molar-refractivity contribution < 1.29 is 14.3 Å². The molecule has 0 aromatic heterocycles. The third-order valence-electron chi connectivity index (χ3n) is 3.16. The Morgan fingerprint density at radius 2 is 2.14 bits per heavy atom. The second kappa shape index (κ2) is 7.94. The zero-order valence-electron chi connectivity index (χ0n) is 12.3. The Morgan fingerprint density at radius 3 is 2.86 bits per heavy atom. The number of halogens is 1. The number of amides is 1. The third-order valence-corrected chi connectivity index (χ3v) is 4.88. The van der Waals surface area contributed by atoms with Crippen LogP contribution in [0.2, 0.25) is 0 Å². The summed E-state index contributed by atoms with van der Waals surface area (Å²) in [6.45, 7) is 4.44. The number of fused-ring (bicyclic) bond motifs is 1. The Labute approximate surface area is 138 Å². The number of thioether (sulfide) groups is 1. The van der Waals surface area contributed by atoms with Crippen LogP contribution >= 0.6 is 27.7 Å². The van der Waals surface area contributed by atoms with Gasteiger partial charge in [-0.05, 0) is 31.0 Å². The van der Waals surface area contributed by atoms with Crippen LogP contribution < -0.4 is 14.8 Å². The molecule has 1 aliphatic heterocycles. The first kappa shape index (κ1) is 16.5. The van der Waals surface area contributed by atoms with Crippen molar-refractivity contribution in [2.45, 2.75) is 38.5 Å². The molecule has 1 atom stereocenters. The van der Waals surface area contributed by atoms with Crippen molar-refractivity contribution in [1.29, 1.82) is 0 Å². The molecule has 0 fully saturated rings. The van der Waals surface area contributed by atoms with Crippen molar-refractivity contribution in [2.24, 2.45) is 0 Å². The summed E-state index contributed by atoms with van der Waals surface area (Å²) in [5.41, 5.74) is 1.11. The number of hydrogen-bond acceptors (Lipinski definition) is 4. The van der Waals surface area contributed by atoms with Gasteiger partial charge in [0.15, 0.2) is 11.5 Å². The highest BCUT2D eigenvalue weighted by molar-refractivity contribution is 9.10. The summed E-state index contributed by atoms with van der Waals surface area (Å²) in [5, 5.41) is 3.01. The van der Waals surface area contributed by atoms with Gasteiger partial charge in [0.25, 0.3) is 0 Å². The first-order chi connectivity index (χ1) is 10.1. The molecule has 6 heteroatoms. The quantitative estimate of drug-likeness (QED) is 0.790. The van der Waals surface area contributed by atoms with Crippen LogP contribution in [0.15, 0.2) is 16.6 Å². The van der Waals surface area contributed by atoms with Crippen LogP contribution in [0, 0.1) is 0 Å². The Bertz CT molecular complexity index is 510. The Kier molecular flexibility index (Phi) is 6.23. The number of carbonyl (C=O) groups is 1. The van der Waals surface area contributed by atoms with E-state index in [-0.39, 0.29) is 18.7 Å². The van der Waals surface area contributed by atoms with E-state index in [0.29, 0.717) is 5.75 Å². The number of rotatable bonds is 7. The van der Waals surface area contributed by atoms with E-state index in [2.05, 4.69) is 28.2 Å². The van der Waals surface area contributed by atoms with E-state index >= 15 is 0 Å². The van der Waals surface area contributed by atoms with E-state index in [1.807, 2.05) is 19.1 Å². The molecule has 0 spiro atoms. The monoisotopic (exact) mass is 373 g/mol. The first-order valence-corrected chi connectivity index (χ1v) is 9.00. The highest BCUT2D eigenvalue weighted by Gasteiger charge is 2.16. The smallest absolute Gasteiger partial charge is 0.231 e. The van der Waals surface area contributed by atoms with Crippen LogP contribution in [-0.2, 0) is 10.5 Å². The Hall–Kier alpha value is -0.880. The van der Waals surface area contributed by atoms with Gasteiger partial charge in [0.05, 0.1) is 5.75 Å². The Balaban J connectivity index is 1.80. The Morgan fingerprint density at radius 1 is 1.43 bits per heavy atom. The summed E-state index contributed by atoms with van der Waals surface area (Å²) in [6.07, 6.45) is 2.10. The van der Waals surface area contributed by atoms with Gasteiger partial charge in [-0.2, -0.15) is 0 Å². The molecule has 116 valence electrons. The number of ether oxygens (including phenoxy) is 2. The molecule has 0 bridgehead atoms. The second-order valence-corrected chi connectivity index (χ2v) is 6.89. The van der Waals surface area contributed by atoms with Crippen molar-refractivity contribution in [3.05, 3.63) is 22.2 Å². The molecule has 4 nitrogen and oxygen atoms in total. The van der Waals surface area contributed by atoms with Gasteiger partial charge in [-0.3, -0.25) is 4.79 Å². The largest absolute Gasteiger partial charge is 0.454 e. The maximum absolute atomic E-state index is 11.8. The van der Waals surface area contributed by atoms with Crippen molar-refractivity contribution in [3.8, 4) is 11.5 Å². The summed E-state index contributed by atoms with van der Waals surface area (Å²) in [4.78, 5) is 11.8. The fraction of sp³-hybridized carbons (Fsp3) is 0.533. The summed E-state index contributed by atoms with van der Waals surface area (Å²) in [6, 6.07) is 4.14. The van der Waals surface area contributed by atoms with Gasteiger partial charge in [0.2, 0.25) is 12.7 Å².